The Labute approximate surface area is 81.4 Å². The third-order valence-electron chi connectivity index (χ3n) is 1.30. The van der Waals surface area contributed by atoms with E-state index in [-0.39, 0.29) is 17.0 Å². The van der Waals surface area contributed by atoms with Crippen molar-refractivity contribution in [2.75, 3.05) is 0 Å². The Morgan fingerprint density at radius 1 is 1.21 bits per heavy atom. The predicted molar refractivity (Wildman–Crippen MR) is 46.4 cm³/mol. The zero-order valence-electron chi connectivity index (χ0n) is 6.75. The van der Waals surface area contributed by atoms with Gasteiger partial charge in [-0.3, -0.25) is 0 Å². The summed E-state index contributed by atoms with van der Waals surface area (Å²) in [6, 6.07) is 5.03. The van der Waals surface area contributed by atoms with E-state index in [0.29, 0.717) is 5.56 Å². The van der Waals surface area contributed by atoms with Crippen LogP contribution in [0, 0.1) is 0 Å². The lowest BCUT2D eigenvalue weighted by atomic mass is 10.2. The fraction of sp³-hybridized carbons (Fsp3) is 0.125. The summed E-state index contributed by atoms with van der Waals surface area (Å²) >= 11 is 0.236. The standard InChI is InChI=1S/C8H5F3O2S/c9-8(10,11)13-7-3-1-6(2-4-7)5-14-12/h1-5H. The Bertz CT molecular complexity index is 352. The second-order valence-electron chi connectivity index (χ2n) is 2.33. The summed E-state index contributed by atoms with van der Waals surface area (Å²) in [6.07, 6.45) is -4.68. The van der Waals surface area contributed by atoms with E-state index >= 15 is 0 Å². The minimum absolute atomic E-state index is 0.236. The summed E-state index contributed by atoms with van der Waals surface area (Å²) in [7, 11) is 0. The average Bonchev–Trinajstić information content (AvgIpc) is 2.06. The number of ether oxygens (including phenoxy) is 1. The van der Waals surface area contributed by atoms with Crippen molar-refractivity contribution in [1.29, 1.82) is 0 Å². The number of hydrogen-bond acceptors (Lipinski definition) is 2. The Morgan fingerprint density at radius 2 is 1.79 bits per heavy atom. The molecule has 0 unspecified atom stereocenters. The smallest absolute Gasteiger partial charge is 0.406 e. The van der Waals surface area contributed by atoms with E-state index in [4.69, 9.17) is 0 Å². The predicted octanol–water partition coefficient (Wildman–Crippen LogP) is 1.95. The molecule has 0 aliphatic rings. The Balaban J connectivity index is 2.78. The maximum Gasteiger partial charge on any atom is 0.573 e. The van der Waals surface area contributed by atoms with E-state index in [0.717, 1.165) is 12.1 Å². The summed E-state index contributed by atoms with van der Waals surface area (Å²) < 4.78 is 48.8. The molecule has 76 valence electrons. The van der Waals surface area contributed by atoms with E-state index in [2.05, 4.69) is 4.74 Å². The summed E-state index contributed by atoms with van der Waals surface area (Å²) in [5.74, 6) is -0.300. The van der Waals surface area contributed by atoms with Gasteiger partial charge in [0.1, 0.15) is 5.75 Å². The van der Waals surface area contributed by atoms with Gasteiger partial charge in [0.25, 0.3) is 0 Å². The van der Waals surface area contributed by atoms with Gasteiger partial charge in [-0.1, -0.05) is 12.1 Å². The molecule has 0 aliphatic carbocycles. The zero-order valence-corrected chi connectivity index (χ0v) is 7.56. The Hall–Kier alpha value is -1.30. The molecule has 1 rings (SSSR count). The van der Waals surface area contributed by atoms with E-state index in [1.54, 1.807) is 0 Å². The first kappa shape index (κ1) is 10.8. The number of alkyl halides is 3. The van der Waals surface area contributed by atoms with E-state index < -0.39 is 6.36 Å². The summed E-state index contributed by atoms with van der Waals surface area (Å²) in [5.41, 5.74) is 0.541. The summed E-state index contributed by atoms with van der Waals surface area (Å²) in [6.45, 7) is 0. The molecule has 1 aromatic rings. The monoisotopic (exact) mass is 222 g/mol. The highest BCUT2D eigenvalue weighted by molar-refractivity contribution is 7.65. The highest BCUT2D eigenvalue weighted by Crippen LogP contribution is 2.22. The van der Waals surface area contributed by atoms with Crippen LogP contribution in [-0.4, -0.2) is 15.9 Å². The summed E-state index contributed by atoms with van der Waals surface area (Å²) in [4.78, 5) is 0. The van der Waals surface area contributed by atoms with Crippen LogP contribution in [0.25, 0.3) is 0 Å². The quantitative estimate of drug-likeness (QED) is 0.715. The van der Waals surface area contributed by atoms with Crippen LogP contribution in [0.1, 0.15) is 5.56 Å². The second kappa shape index (κ2) is 4.28. The minimum atomic E-state index is -4.68. The van der Waals surface area contributed by atoms with E-state index in [1.165, 1.54) is 17.5 Å². The molecule has 2 nitrogen and oxygen atoms in total. The second-order valence-corrected chi connectivity index (χ2v) is 2.76. The van der Waals surface area contributed by atoms with Crippen molar-refractivity contribution in [3.05, 3.63) is 29.8 Å². The van der Waals surface area contributed by atoms with Gasteiger partial charge in [-0.25, -0.2) is 4.21 Å². The molecule has 1 aromatic carbocycles. The lowest BCUT2D eigenvalue weighted by Gasteiger charge is -2.08. The first-order valence-corrected chi connectivity index (χ1v) is 4.29. The average molecular weight is 222 g/mol. The lowest BCUT2D eigenvalue weighted by Crippen LogP contribution is -2.16. The van der Waals surface area contributed by atoms with Crippen LogP contribution >= 0.6 is 0 Å². The normalized spacial score (nSPS) is 10.8. The third kappa shape index (κ3) is 3.61. The Kier molecular flexibility index (Phi) is 3.29. The highest BCUT2D eigenvalue weighted by Gasteiger charge is 2.30. The molecule has 14 heavy (non-hydrogen) atoms. The van der Waals surface area contributed by atoms with Crippen molar-refractivity contribution in [2.45, 2.75) is 6.36 Å². The van der Waals surface area contributed by atoms with E-state index in [1.807, 2.05) is 0 Å². The molecular formula is C8H5F3O2S. The lowest BCUT2D eigenvalue weighted by molar-refractivity contribution is -0.274. The first-order chi connectivity index (χ1) is 6.51. The van der Waals surface area contributed by atoms with Crippen molar-refractivity contribution in [1.82, 2.24) is 0 Å². The SMILES string of the molecule is O=S=Cc1ccc(OC(F)(F)F)cc1. The number of benzene rings is 1. The molecule has 6 heteroatoms. The number of rotatable bonds is 2. The van der Waals surface area contributed by atoms with Gasteiger partial charge in [0.05, 0.1) is 11.3 Å². The molecule has 0 aliphatic heterocycles. The van der Waals surface area contributed by atoms with Gasteiger partial charge in [-0.05, 0) is 17.7 Å². The van der Waals surface area contributed by atoms with Crippen molar-refractivity contribution in [2.24, 2.45) is 0 Å². The molecule has 0 heterocycles. The van der Waals surface area contributed by atoms with Gasteiger partial charge >= 0.3 is 6.36 Å². The molecule has 0 fully saturated rings. The van der Waals surface area contributed by atoms with Crippen molar-refractivity contribution >= 4 is 16.6 Å². The zero-order chi connectivity index (χ0) is 10.6. The maximum absolute atomic E-state index is 11.7. The maximum atomic E-state index is 11.7. The highest BCUT2D eigenvalue weighted by atomic mass is 32.1. The fourth-order valence-corrected chi connectivity index (χ4v) is 1.07. The molecule has 0 saturated carbocycles. The third-order valence-corrected chi connectivity index (χ3v) is 1.67. The molecule has 0 amide bonds. The van der Waals surface area contributed by atoms with Crippen LogP contribution in [-0.2, 0) is 11.3 Å². The van der Waals surface area contributed by atoms with Crippen LogP contribution in [0.5, 0.6) is 5.75 Å². The molecule has 0 spiro atoms. The molecular weight excluding hydrogens is 217 g/mol. The van der Waals surface area contributed by atoms with Crippen molar-refractivity contribution in [3.63, 3.8) is 0 Å². The number of hydrogen-bond donors (Lipinski definition) is 0. The topological polar surface area (TPSA) is 26.3 Å². The van der Waals surface area contributed by atoms with Crippen LogP contribution in [0.15, 0.2) is 24.3 Å². The van der Waals surface area contributed by atoms with Crippen LogP contribution in [0.4, 0.5) is 13.2 Å². The molecule has 0 bridgehead atoms. The van der Waals surface area contributed by atoms with Gasteiger partial charge in [0, 0.05) is 5.37 Å². The van der Waals surface area contributed by atoms with Gasteiger partial charge in [0.15, 0.2) is 0 Å². The fourth-order valence-electron chi connectivity index (χ4n) is 0.804. The van der Waals surface area contributed by atoms with Gasteiger partial charge < -0.3 is 4.74 Å². The molecule has 0 aromatic heterocycles. The number of halogens is 3. The largest absolute Gasteiger partial charge is 0.573 e. The van der Waals surface area contributed by atoms with Gasteiger partial charge in [-0.15, -0.1) is 13.2 Å². The van der Waals surface area contributed by atoms with Gasteiger partial charge in [0.2, 0.25) is 0 Å². The summed E-state index contributed by atoms with van der Waals surface area (Å²) in [5, 5.41) is 1.28. The van der Waals surface area contributed by atoms with E-state index in [9.17, 15) is 17.4 Å². The molecule has 0 radical (unpaired) electrons. The van der Waals surface area contributed by atoms with Crippen LogP contribution < -0.4 is 4.74 Å². The van der Waals surface area contributed by atoms with Gasteiger partial charge in [-0.2, -0.15) is 0 Å². The Morgan fingerprint density at radius 3 is 2.21 bits per heavy atom. The van der Waals surface area contributed by atoms with Crippen molar-refractivity contribution in [3.8, 4) is 5.75 Å². The molecule has 0 saturated heterocycles. The molecule has 0 atom stereocenters. The van der Waals surface area contributed by atoms with Crippen LogP contribution in [0.3, 0.4) is 0 Å². The van der Waals surface area contributed by atoms with Crippen LogP contribution in [0.2, 0.25) is 0 Å². The molecule has 0 N–H and O–H groups in total. The minimum Gasteiger partial charge on any atom is -0.406 e. The first-order valence-electron chi connectivity index (χ1n) is 3.49. The van der Waals surface area contributed by atoms with Crippen molar-refractivity contribution < 1.29 is 22.1 Å².